The monoisotopic (exact) mass is 260 g/mol. The molecule has 0 heterocycles. The van der Waals surface area contributed by atoms with E-state index in [0.717, 1.165) is 51.4 Å². The van der Waals surface area contributed by atoms with E-state index < -0.39 is 12.0 Å². The summed E-state index contributed by atoms with van der Waals surface area (Å²) in [6.07, 6.45) is 7.90. The van der Waals surface area contributed by atoms with Crippen molar-refractivity contribution in [2.24, 2.45) is 11.8 Å². The Morgan fingerprint density at radius 1 is 0.833 bits per heavy atom. The first kappa shape index (κ1) is 14.2. The molecule has 2 aliphatic rings. The summed E-state index contributed by atoms with van der Waals surface area (Å²) in [6, 6.07) is 0. The second kappa shape index (κ2) is 6.31. The van der Waals surface area contributed by atoms with E-state index in [-0.39, 0.29) is 18.3 Å². The lowest BCUT2D eigenvalue weighted by Gasteiger charge is -2.45. The minimum Gasteiger partial charge on any atom is -0.389 e. The van der Waals surface area contributed by atoms with Gasteiger partial charge in [-0.05, 0) is 37.5 Å². The van der Waals surface area contributed by atoms with Crippen LogP contribution in [0.4, 0.5) is 8.78 Å². The standard InChI is InChI=1S/C15H26F2O/c16-14(17)11-15(18,12-7-3-1-4-8-12)13-9-5-2-6-10-13/h12-14,18H,1-11H2. The van der Waals surface area contributed by atoms with E-state index in [2.05, 4.69) is 0 Å². The summed E-state index contributed by atoms with van der Waals surface area (Å²) >= 11 is 0. The number of hydrogen-bond donors (Lipinski definition) is 1. The van der Waals surface area contributed by atoms with E-state index in [1.165, 1.54) is 12.8 Å². The van der Waals surface area contributed by atoms with Crippen LogP contribution in [-0.2, 0) is 0 Å². The molecule has 2 fully saturated rings. The molecule has 0 bridgehead atoms. The van der Waals surface area contributed by atoms with E-state index in [1.807, 2.05) is 0 Å². The lowest BCUT2D eigenvalue weighted by molar-refractivity contribution is -0.123. The Balaban J connectivity index is 2.09. The Kier molecular flexibility index (Phi) is 4.99. The molecule has 2 aliphatic carbocycles. The van der Waals surface area contributed by atoms with Crippen LogP contribution in [0.5, 0.6) is 0 Å². The van der Waals surface area contributed by atoms with E-state index in [0.29, 0.717) is 0 Å². The molecule has 3 heteroatoms. The molecule has 1 nitrogen and oxygen atoms in total. The normalized spacial score (nSPS) is 24.7. The van der Waals surface area contributed by atoms with Crippen LogP contribution in [0.25, 0.3) is 0 Å². The van der Waals surface area contributed by atoms with Crippen molar-refractivity contribution in [3.8, 4) is 0 Å². The Bertz CT molecular complexity index is 225. The van der Waals surface area contributed by atoms with Crippen molar-refractivity contribution in [1.82, 2.24) is 0 Å². The molecule has 106 valence electrons. The molecule has 0 aromatic rings. The van der Waals surface area contributed by atoms with Gasteiger partial charge in [-0.3, -0.25) is 0 Å². The van der Waals surface area contributed by atoms with Gasteiger partial charge in [0, 0.05) is 6.42 Å². The van der Waals surface area contributed by atoms with Gasteiger partial charge in [0.05, 0.1) is 5.60 Å². The molecule has 18 heavy (non-hydrogen) atoms. The zero-order valence-electron chi connectivity index (χ0n) is 11.2. The molecular weight excluding hydrogens is 234 g/mol. The van der Waals surface area contributed by atoms with Crippen LogP contribution in [-0.4, -0.2) is 17.1 Å². The third-order valence-corrected chi connectivity index (χ3v) is 5.11. The molecule has 0 spiro atoms. The fourth-order valence-corrected chi connectivity index (χ4v) is 4.12. The summed E-state index contributed by atoms with van der Waals surface area (Å²) in [7, 11) is 0. The third kappa shape index (κ3) is 3.23. The number of alkyl halides is 2. The predicted molar refractivity (Wildman–Crippen MR) is 68.7 cm³/mol. The molecule has 2 saturated carbocycles. The van der Waals surface area contributed by atoms with Gasteiger partial charge in [-0.25, -0.2) is 8.78 Å². The van der Waals surface area contributed by atoms with Crippen molar-refractivity contribution in [2.75, 3.05) is 0 Å². The molecule has 0 amide bonds. The van der Waals surface area contributed by atoms with E-state index in [4.69, 9.17) is 0 Å². The molecule has 0 saturated heterocycles. The first-order chi connectivity index (χ1) is 8.63. The Labute approximate surface area is 109 Å². The average Bonchev–Trinajstić information content (AvgIpc) is 2.40. The highest BCUT2D eigenvalue weighted by molar-refractivity contribution is 4.95. The Hall–Kier alpha value is -0.180. The van der Waals surface area contributed by atoms with Crippen LogP contribution < -0.4 is 0 Å². The van der Waals surface area contributed by atoms with Crippen molar-refractivity contribution in [2.45, 2.75) is 82.7 Å². The fraction of sp³-hybridized carbons (Fsp3) is 1.00. The molecule has 0 atom stereocenters. The molecule has 0 aromatic heterocycles. The van der Waals surface area contributed by atoms with Crippen LogP contribution in [0, 0.1) is 11.8 Å². The predicted octanol–water partition coefficient (Wildman–Crippen LogP) is 4.53. The first-order valence-electron chi connectivity index (χ1n) is 7.63. The summed E-state index contributed by atoms with van der Waals surface area (Å²) in [5, 5.41) is 11.0. The molecule has 0 unspecified atom stereocenters. The van der Waals surface area contributed by atoms with E-state index >= 15 is 0 Å². The molecule has 0 aromatic carbocycles. The van der Waals surface area contributed by atoms with Gasteiger partial charge in [0.1, 0.15) is 0 Å². The largest absolute Gasteiger partial charge is 0.389 e. The van der Waals surface area contributed by atoms with Gasteiger partial charge in [0.2, 0.25) is 6.43 Å². The highest BCUT2D eigenvalue weighted by Crippen LogP contribution is 2.45. The Morgan fingerprint density at radius 3 is 1.56 bits per heavy atom. The summed E-state index contributed by atoms with van der Waals surface area (Å²) in [5.74, 6) is 0.228. The van der Waals surface area contributed by atoms with Gasteiger partial charge >= 0.3 is 0 Å². The summed E-state index contributed by atoms with van der Waals surface area (Å²) in [5.41, 5.74) is -1.09. The first-order valence-corrected chi connectivity index (χ1v) is 7.63. The van der Waals surface area contributed by atoms with Crippen molar-refractivity contribution < 1.29 is 13.9 Å². The van der Waals surface area contributed by atoms with Crippen LogP contribution in [0.3, 0.4) is 0 Å². The lowest BCUT2D eigenvalue weighted by atomic mass is 9.65. The van der Waals surface area contributed by atoms with Gasteiger partial charge < -0.3 is 5.11 Å². The van der Waals surface area contributed by atoms with Gasteiger partial charge in [-0.2, -0.15) is 0 Å². The fourth-order valence-electron chi connectivity index (χ4n) is 4.12. The molecule has 2 rings (SSSR count). The lowest BCUT2D eigenvalue weighted by Crippen LogP contribution is -2.48. The van der Waals surface area contributed by atoms with Crippen LogP contribution >= 0.6 is 0 Å². The van der Waals surface area contributed by atoms with Crippen LogP contribution in [0.15, 0.2) is 0 Å². The zero-order valence-corrected chi connectivity index (χ0v) is 11.2. The summed E-state index contributed by atoms with van der Waals surface area (Å²) < 4.78 is 25.8. The SMILES string of the molecule is OC(CC(F)F)(C1CCCCC1)C1CCCCC1. The van der Waals surface area contributed by atoms with Crippen LogP contribution in [0.1, 0.15) is 70.6 Å². The third-order valence-electron chi connectivity index (χ3n) is 5.11. The highest BCUT2D eigenvalue weighted by Gasteiger charge is 2.45. The number of rotatable bonds is 4. The van der Waals surface area contributed by atoms with Crippen molar-refractivity contribution in [3.05, 3.63) is 0 Å². The quantitative estimate of drug-likeness (QED) is 0.787. The summed E-state index contributed by atoms with van der Waals surface area (Å²) in [6.45, 7) is 0. The van der Waals surface area contributed by atoms with Gasteiger partial charge in [-0.1, -0.05) is 38.5 Å². The smallest absolute Gasteiger partial charge is 0.241 e. The second-order valence-electron chi connectivity index (χ2n) is 6.26. The molecular formula is C15H26F2O. The number of halogens is 2. The van der Waals surface area contributed by atoms with Crippen LogP contribution in [0.2, 0.25) is 0 Å². The number of hydrogen-bond acceptors (Lipinski definition) is 1. The minimum atomic E-state index is -2.38. The number of aliphatic hydroxyl groups is 1. The maximum atomic E-state index is 12.9. The highest BCUT2D eigenvalue weighted by atomic mass is 19.3. The molecule has 0 aliphatic heterocycles. The zero-order chi connectivity index (χ0) is 13.0. The molecule has 0 radical (unpaired) electrons. The van der Waals surface area contributed by atoms with Gasteiger partial charge in [0.25, 0.3) is 0 Å². The van der Waals surface area contributed by atoms with Crippen molar-refractivity contribution >= 4 is 0 Å². The second-order valence-corrected chi connectivity index (χ2v) is 6.26. The maximum Gasteiger partial charge on any atom is 0.241 e. The van der Waals surface area contributed by atoms with E-state index in [1.54, 1.807) is 0 Å². The average molecular weight is 260 g/mol. The minimum absolute atomic E-state index is 0.114. The van der Waals surface area contributed by atoms with Gasteiger partial charge in [0.15, 0.2) is 0 Å². The molecule has 1 N–H and O–H groups in total. The maximum absolute atomic E-state index is 12.9. The van der Waals surface area contributed by atoms with E-state index in [9.17, 15) is 13.9 Å². The van der Waals surface area contributed by atoms with Crippen molar-refractivity contribution in [1.29, 1.82) is 0 Å². The van der Waals surface area contributed by atoms with Gasteiger partial charge in [-0.15, -0.1) is 0 Å². The topological polar surface area (TPSA) is 20.2 Å². The Morgan fingerprint density at radius 2 is 1.22 bits per heavy atom. The summed E-state index contributed by atoms with van der Waals surface area (Å²) in [4.78, 5) is 0. The van der Waals surface area contributed by atoms with Crippen molar-refractivity contribution in [3.63, 3.8) is 0 Å².